The van der Waals surface area contributed by atoms with Gasteiger partial charge in [-0.3, -0.25) is 9.69 Å². The summed E-state index contributed by atoms with van der Waals surface area (Å²) in [6.45, 7) is 5.49. The third-order valence-electron chi connectivity index (χ3n) is 6.76. The van der Waals surface area contributed by atoms with Crippen molar-refractivity contribution in [3.63, 3.8) is 0 Å². The highest BCUT2D eigenvalue weighted by molar-refractivity contribution is 6.42. The molecule has 4 rings (SSSR count). The molecule has 1 aliphatic heterocycles. The first kappa shape index (κ1) is 23.6. The first-order chi connectivity index (χ1) is 15.5. The maximum absolute atomic E-state index is 11.9. The summed E-state index contributed by atoms with van der Waals surface area (Å²) in [5, 5.41) is 9.34. The van der Waals surface area contributed by atoms with Crippen molar-refractivity contribution in [1.29, 1.82) is 0 Å². The van der Waals surface area contributed by atoms with Gasteiger partial charge in [0.2, 0.25) is 5.91 Å². The lowest BCUT2D eigenvalue weighted by Gasteiger charge is -2.36. The van der Waals surface area contributed by atoms with Crippen LogP contribution < -0.4 is 10.2 Å². The van der Waals surface area contributed by atoms with E-state index in [1.54, 1.807) is 13.2 Å². The molecule has 1 aromatic heterocycles. The van der Waals surface area contributed by atoms with E-state index in [1.807, 2.05) is 6.07 Å². The van der Waals surface area contributed by atoms with Gasteiger partial charge in [-0.2, -0.15) is 0 Å². The number of ether oxygens (including phenoxy) is 1. The van der Waals surface area contributed by atoms with E-state index in [-0.39, 0.29) is 5.91 Å². The van der Waals surface area contributed by atoms with E-state index in [9.17, 15) is 4.79 Å². The van der Waals surface area contributed by atoms with Gasteiger partial charge in [-0.25, -0.2) is 0 Å². The number of nitrogens with zero attached hydrogens (tertiary/aromatic N) is 3. The number of benzene rings is 1. The number of halogens is 2. The number of hydrogen-bond acceptors (Lipinski definition) is 6. The van der Waals surface area contributed by atoms with Gasteiger partial charge in [0, 0.05) is 51.8 Å². The molecule has 9 heteroatoms. The lowest BCUT2D eigenvalue weighted by Crippen LogP contribution is -2.47. The van der Waals surface area contributed by atoms with Crippen LogP contribution in [0.5, 0.6) is 0 Å². The molecular weight excluding hydrogens is 451 g/mol. The van der Waals surface area contributed by atoms with Crippen molar-refractivity contribution in [2.24, 2.45) is 5.92 Å². The summed E-state index contributed by atoms with van der Waals surface area (Å²) in [6, 6.07) is 3.90. The number of carbonyl (C=O) groups is 1. The molecule has 32 heavy (non-hydrogen) atoms. The highest BCUT2D eigenvalue weighted by atomic mass is 35.5. The van der Waals surface area contributed by atoms with Gasteiger partial charge >= 0.3 is 0 Å². The number of methoxy groups -OCH3 is 1. The van der Waals surface area contributed by atoms with Crippen LogP contribution in [0.25, 0.3) is 11.0 Å². The van der Waals surface area contributed by atoms with Gasteiger partial charge in [0.05, 0.1) is 22.0 Å². The SMILES string of the molecule is COCCC(=O)NC1CCC(CCN2CCN(c3noc4cc(Cl)c(Cl)cc34)CC2)CC1. The summed E-state index contributed by atoms with van der Waals surface area (Å²) >= 11 is 12.3. The number of anilines is 1. The minimum absolute atomic E-state index is 0.110. The van der Waals surface area contributed by atoms with Gasteiger partial charge < -0.3 is 19.5 Å². The maximum Gasteiger partial charge on any atom is 0.222 e. The number of aromatic nitrogens is 1. The summed E-state index contributed by atoms with van der Waals surface area (Å²) < 4.78 is 10.4. The van der Waals surface area contributed by atoms with Gasteiger partial charge in [0.15, 0.2) is 11.4 Å². The summed E-state index contributed by atoms with van der Waals surface area (Å²) in [5.74, 6) is 1.72. The fourth-order valence-corrected chi connectivity index (χ4v) is 5.10. The Balaban J connectivity index is 1.18. The highest BCUT2D eigenvalue weighted by Gasteiger charge is 2.25. The molecule has 1 saturated carbocycles. The van der Waals surface area contributed by atoms with E-state index < -0.39 is 0 Å². The van der Waals surface area contributed by atoms with Gasteiger partial charge in [0.25, 0.3) is 0 Å². The van der Waals surface area contributed by atoms with Gasteiger partial charge in [-0.1, -0.05) is 28.4 Å². The largest absolute Gasteiger partial charge is 0.384 e. The zero-order valence-corrected chi connectivity index (χ0v) is 20.1. The zero-order chi connectivity index (χ0) is 22.5. The van der Waals surface area contributed by atoms with E-state index in [0.29, 0.717) is 34.7 Å². The number of hydrogen-bond donors (Lipinski definition) is 1. The molecule has 1 saturated heterocycles. The van der Waals surface area contributed by atoms with Crippen LogP contribution in [-0.4, -0.2) is 68.4 Å². The number of amides is 1. The van der Waals surface area contributed by atoms with E-state index >= 15 is 0 Å². The average Bonchev–Trinajstić information content (AvgIpc) is 3.20. The Bertz CT molecular complexity index is 906. The lowest BCUT2D eigenvalue weighted by molar-refractivity contribution is -0.122. The molecule has 0 radical (unpaired) electrons. The Morgan fingerprint density at radius 1 is 1.16 bits per heavy atom. The van der Waals surface area contributed by atoms with E-state index in [0.717, 1.165) is 62.7 Å². The number of rotatable bonds is 8. The van der Waals surface area contributed by atoms with Crippen LogP contribution in [0.4, 0.5) is 5.82 Å². The third kappa shape index (κ3) is 5.87. The van der Waals surface area contributed by atoms with Crippen LogP contribution in [0.2, 0.25) is 10.0 Å². The Morgan fingerprint density at radius 2 is 1.88 bits per heavy atom. The molecule has 2 aliphatic rings. The van der Waals surface area contributed by atoms with Crippen molar-refractivity contribution in [3.8, 4) is 0 Å². The minimum atomic E-state index is 0.110. The summed E-state index contributed by atoms with van der Waals surface area (Å²) in [4.78, 5) is 16.7. The van der Waals surface area contributed by atoms with Gasteiger partial charge in [0.1, 0.15) is 0 Å². The zero-order valence-electron chi connectivity index (χ0n) is 18.6. The molecule has 0 spiro atoms. The van der Waals surface area contributed by atoms with Crippen molar-refractivity contribution in [3.05, 3.63) is 22.2 Å². The second-order valence-corrected chi connectivity index (χ2v) is 9.73. The van der Waals surface area contributed by atoms with Crippen LogP contribution in [0.15, 0.2) is 16.7 Å². The van der Waals surface area contributed by atoms with Crippen molar-refractivity contribution < 1.29 is 14.1 Å². The fourth-order valence-electron chi connectivity index (χ4n) is 4.79. The minimum Gasteiger partial charge on any atom is -0.384 e. The second kappa shape index (κ2) is 11.1. The first-order valence-corrected chi connectivity index (χ1v) is 12.3. The molecule has 2 fully saturated rings. The van der Waals surface area contributed by atoms with E-state index in [1.165, 1.54) is 19.3 Å². The third-order valence-corrected chi connectivity index (χ3v) is 7.49. The van der Waals surface area contributed by atoms with Crippen LogP contribution >= 0.6 is 23.2 Å². The van der Waals surface area contributed by atoms with Crippen molar-refractivity contribution in [2.75, 3.05) is 51.3 Å². The van der Waals surface area contributed by atoms with Gasteiger partial charge in [-0.05, 0) is 50.6 Å². The number of fused-ring (bicyclic) bond motifs is 1. The Morgan fingerprint density at radius 3 is 2.59 bits per heavy atom. The lowest BCUT2D eigenvalue weighted by atomic mass is 9.84. The molecule has 0 bridgehead atoms. The second-order valence-electron chi connectivity index (χ2n) is 8.91. The molecule has 1 aromatic carbocycles. The predicted molar refractivity (Wildman–Crippen MR) is 128 cm³/mol. The maximum atomic E-state index is 11.9. The Kier molecular flexibility index (Phi) is 8.16. The number of piperazine rings is 1. The fraction of sp³-hybridized carbons (Fsp3) is 0.652. The van der Waals surface area contributed by atoms with Crippen molar-refractivity contribution in [2.45, 2.75) is 44.6 Å². The summed E-state index contributed by atoms with van der Waals surface area (Å²) in [5.41, 5.74) is 0.669. The number of nitrogens with one attached hydrogen (secondary N) is 1. The molecule has 0 atom stereocenters. The molecule has 2 aromatic rings. The summed E-state index contributed by atoms with van der Waals surface area (Å²) in [7, 11) is 1.63. The molecular formula is C23H32Cl2N4O3. The van der Waals surface area contributed by atoms with Crippen LogP contribution in [0.3, 0.4) is 0 Å². The molecule has 1 amide bonds. The topological polar surface area (TPSA) is 70.8 Å². The molecule has 1 N–H and O–H groups in total. The number of carbonyl (C=O) groups excluding carboxylic acids is 1. The van der Waals surface area contributed by atoms with Gasteiger partial charge in [-0.15, -0.1) is 0 Å². The molecule has 1 aliphatic carbocycles. The normalized spacial score (nSPS) is 22.4. The quantitative estimate of drug-likeness (QED) is 0.602. The molecule has 2 heterocycles. The molecule has 7 nitrogen and oxygen atoms in total. The Hall–Kier alpha value is -1.54. The van der Waals surface area contributed by atoms with E-state index in [4.69, 9.17) is 32.5 Å². The van der Waals surface area contributed by atoms with Crippen molar-refractivity contribution in [1.82, 2.24) is 15.4 Å². The average molecular weight is 483 g/mol. The smallest absolute Gasteiger partial charge is 0.222 e. The van der Waals surface area contributed by atoms with E-state index in [2.05, 4.69) is 20.3 Å². The summed E-state index contributed by atoms with van der Waals surface area (Å²) in [6.07, 6.45) is 6.25. The van der Waals surface area contributed by atoms with Crippen LogP contribution in [-0.2, 0) is 9.53 Å². The highest BCUT2D eigenvalue weighted by Crippen LogP contribution is 2.34. The van der Waals surface area contributed by atoms with Crippen LogP contribution in [0.1, 0.15) is 38.5 Å². The van der Waals surface area contributed by atoms with Crippen molar-refractivity contribution >= 4 is 45.9 Å². The standard InChI is InChI=1S/C23H32Cl2N4O3/c1-31-13-7-22(30)26-17-4-2-16(3-5-17)6-8-28-9-11-29(12-10-28)23-18-14-19(24)20(25)15-21(18)32-27-23/h14-17H,2-13H2,1H3,(H,26,30). The monoisotopic (exact) mass is 482 g/mol. The first-order valence-electron chi connectivity index (χ1n) is 11.5. The van der Waals surface area contributed by atoms with Crippen LogP contribution in [0, 0.1) is 5.92 Å². The molecule has 176 valence electrons. The predicted octanol–water partition coefficient (Wildman–Crippen LogP) is 4.36. The Labute approximate surface area is 199 Å². The molecule has 0 unspecified atom stereocenters.